The predicted molar refractivity (Wildman–Crippen MR) is 124 cm³/mol. The predicted octanol–water partition coefficient (Wildman–Crippen LogP) is 5.18. The number of ether oxygens (including phenoxy) is 1. The molecule has 1 unspecified atom stereocenters. The summed E-state index contributed by atoms with van der Waals surface area (Å²) in [4.78, 5) is 34.2. The van der Waals surface area contributed by atoms with Crippen molar-refractivity contribution in [3.8, 4) is 5.69 Å². The summed E-state index contributed by atoms with van der Waals surface area (Å²) in [6.45, 7) is 6.14. The third-order valence-corrected chi connectivity index (χ3v) is 6.08. The standard InChI is InChI=1S/C24H27N3O3S/c1-24(2,3)30-23(29)26-15-9-13-18(26)21-25-17-12-8-14-19(31-4)20(17)22(28)27(21)16-10-6-5-7-11-16/h5-8,10-12,14,18H,9,13,15H2,1-4H3. The molecule has 0 aliphatic carbocycles. The lowest BCUT2D eigenvalue weighted by atomic mass is 10.1. The van der Waals surface area contributed by atoms with Gasteiger partial charge in [-0.25, -0.2) is 9.78 Å². The van der Waals surface area contributed by atoms with Gasteiger partial charge in [0.25, 0.3) is 5.56 Å². The summed E-state index contributed by atoms with van der Waals surface area (Å²) in [5, 5.41) is 0.601. The van der Waals surface area contributed by atoms with Crippen molar-refractivity contribution in [1.82, 2.24) is 14.5 Å². The largest absolute Gasteiger partial charge is 0.444 e. The summed E-state index contributed by atoms with van der Waals surface area (Å²) >= 11 is 1.53. The molecular formula is C24H27N3O3S. The van der Waals surface area contributed by atoms with Crippen molar-refractivity contribution in [3.63, 3.8) is 0 Å². The molecular weight excluding hydrogens is 410 g/mol. The van der Waals surface area contributed by atoms with Crippen LogP contribution in [0.25, 0.3) is 16.6 Å². The Balaban J connectivity index is 1.93. The summed E-state index contributed by atoms with van der Waals surface area (Å²) in [6.07, 6.45) is 3.14. The highest BCUT2D eigenvalue weighted by atomic mass is 32.2. The smallest absolute Gasteiger partial charge is 0.410 e. The zero-order valence-corrected chi connectivity index (χ0v) is 19.1. The molecule has 0 saturated carbocycles. The van der Waals surface area contributed by atoms with E-state index >= 15 is 0 Å². The summed E-state index contributed by atoms with van der Waals surface area (Å²) in [5.41, 5.74) is 0.680. The summed E-state index contributed by atoms with van der Waals surface area (Å²) in [6, 6.07) is 14.9. The van der Waals surface area contributed by atoms with Crippen LogP contribution < -0.4 is 5.56 Å². The van der Waals surface area contributed by atoms with E-state index < -0.39 is 5.60 Å². The number of carbonyl (C=O) groups is 1. The minimum Gasteiger partial charge on any atom is -0.444 e. The normalized spacial score (nSPS) is 16.6. The average molecular weight is 438 g/mol. The Bertz CT molecular complexity index is 1170. The fraction of sp³-hybridized carbons (Fsp3) is 0.375. The maximum absolute atomic E-state index is 13.8. The number of thioether (sulfide) groups is 1. The first-order valence-electron chi connectivity index (χ1n) is 10.4. The van der Waals surface area contributed by atoms with Crippen LogP contribution in [0, 0.1) is 0 Å². The molecule has 1 aromatic heterocycles. The number of carbonyl (C=O) groups excluding carboxylic acids is 1. The Kier molecular flexibility index (Phi) is 5.79. The second-order valence-electron chi connectivity index (χ2n) is 8.63. The fourth-order valence-electron chi connectivity index (χ4n) is 4.01. The number of fused-ring (bicyclic) bond motifs is 1. The van der Waals surface area contributed by atoms with Gasteiger partial charge in [-0.1, -0.05) is 24.3 Å². The maximum Gasteiger partial charge on any atom is 0.410 e. The molecule has 0 bridgehead atoms. The van der Waals surface area contributed by atoms with Crippen LogP contribution >= 0.6 is 11.8 Å². The molecule has 0 radical (unpaired) electrons. The number of amides is 1. The number of nitrogens with zero attached hydrogens (tertiary/aromatic N) is 3. The van der Waals surface area contributed by atoms with Crippen LogP contribution in [0.1, 0.15) is 45.5 Å². The van der Waals surface area contributed by atoms with Crippen LogP contribution in [0.2, 0.25) is 0 Å². The highest BCUT2D eigenvalue weighted by molar-refractivity contribution is 7.98. The highest BCUT2D eigenvalue weighted by Gasteiger charge is 2.36. The van der Waals surface area contributed by atoms with E-state index in [9.17, 15) is 9.59 Å². The van der Waals surface area contributed by atoms with Crippen molar-refractivity contribution in [2.24, 2.45) is 0 Å². The Morgan fingerprint density at radius 2 is 1.87 bits per heavy atom. The number of hydrogen-bond acceptors (Lipinski definition) is 5. The van der Waals surface area contributed by atoms with Crippen LogP contribution in [0.3, 0.4) is 0 Å². The lowest BCUT2D eigenvalue weighted by Gasteiger charge is -2.29. The summed E-state index contributed by atoms with van der Waals surface area (Å²) < 4.78 is 7.30. The van der Waals surface area contributed by atoms with Crippen molar-refractivity contribution in [3.05, 3.63) is 64.7 Å². The first-order valence-corrected chi connectivity index (χ1v) is 11.7. The van der Waals surface area contributed by atoms with Crippen molar-refractivity contribution in [1.29, 1.82) is 0 Å². The number of benzene rings is 2. The number of aromatic nitrogens is 2. The molecule has 1 saturated heterocycles. The minimum absolute atomic E-state index is 0.118. The second kappa shape index (κ2) is 8.38. The Hall–Kier alpha value is -2.80. The Morgan fingerprint density at radius 3 is 2.55 bits per heavy atom. The molecule has 1 fully saturated rings. The van der Waals surface area contributed by atoms with E-state index in [0.717, 1.165) is 23.4 Å². The molecule has 4 rings (SSSR count). The third kappa shape index (κ3) is 4.19. The number of hydrogen-bond donors (Lipinski definition) is 0. The summed E-state index contributed by atoms with van der Waals surface area (Å²) in [5.74, 6) is 0.574. The average Bonchev–Trinajstić information content (AvgIpc) is 3.22. The quantitative estimate of drug-likeness (QED) is 0.528. The van der Waals surface area contributed by atoms with E-state index in [1.165, 1.54) is 11.8 Å². The number of rotatable bonds is 3. The van der Waals surface area contributed by atoms with Gasteiger partial charge < -0.3 is 4.74 Å². The van der Waals surface area contributed by atoms with Gasteiger partial charge in [0, 0.05) is 11.4 Å². The van der Waals surface area contributed by atoms with E-state index in [1.807, 2.05) is 75.6 Å². The third-order valence-electron chi connectivity index (χ3n) is 5.30. The molecule has 2 aromatic carbocycles. The van der Waals surface area contributed by atoms with Crippen LogP contribution in [0.15, 0.2) is 58.2 Å². The molecule has 1 aliphatic heterocycles. The molecule has 0 N–H and O–H groups in total. The molecule has 1 amide bonds. The zero-order valence-electron chi connectivity index (χ0n) is 18.3. The number of para-hydroxylation sites is 1. The maximum atomic E-state index is 13.8. The van der Waals surface area contributed by atoms with E-state index in [-0.39, 0.29) is 17.7 Å². The molecule has 2 heterocycles. The molecule has 31 heavy (non-hydrogen) atoms. The van der Waals surface area contributed by atoms with Crippen LogP contribution in [-0.2, 0) is 4.74 Å². The van der Waals surface area contributed by atoms with Gasteiger partial charge in [0.05, 0.1) is 22.6 Å². The van der Waals surface area contributed by atoms with Crippen LogP contribution in [0.4, 0.5) is 4.79 Å². The van der Waals surface area contributed by atoms with Crippen molar-refractivity contribution in [2.45, 2.75) is 50.2 Å². The molecule has 1 atom stereocenters. The van der Waals surface area contributed by atoms with E-state index in [4.69, 9.17) is 9.72 Å². The van der Waals surface area contributed by atoms with Crippen LogP contribution in [-0.4, -0.2) is 38.9 Å². The minimum atomic E-state index is -0.590. The lowest BCUT2D eigenvalue weighted by Crippen LogP contribution is -2.38. The summed E-state index contributed by atoms with van der Waals surface area (Å²) in [7, 11) is 0. The first-order chi connectivity index (χ1) is 14.8. The van der Waals surface area contributed by atoms with Gasteiger partial charge >= 0.3 is 6.09 Å². The highest BCUT2D eigenvalue weighted by Crippen LogP contribution is 2.34. The van der Waals surface area contributed by atoms with E-state index in [2.05, 4.69) is 0 Å². The van der Waals surface area contributed by atoms with Crippen molar-refractivity contribution >= 4 is 28.8 Å². The van der Waals surface area contributed by atoms with Gasteiger partial charge in [0.1, 0.15) is 11.4 Å². The molecule has 162 valence electrons. The van der Waals surface area contributed by atoms with Gasteiger partial charge in [0.15, 0.2) is 0 Å². The van der Waals surface area contributed by atoms with Crippen molar-refractivity contribution < 1.29 is 9.53 Å². The molecule has 6 nitrogen and oxygen atoms in total. The van der Waals surface area contributed by atoms with E-state index in [1.54, 1.807) is 9.47 Å². The van der Waals surface area contributed by atoms with Crippen LogP contribution in [0.5, 0.6) is 0 Å². The first kappa shape index (κ1) is 21.4. The molecule has 7 heteroatoms. The van der Waals surface area contributed by atoms with Gasteiger partial charge in [0.2, 0.25) is 0 Å². The number of likely N-dealkylation sites (tertiary alicyclic amines) is 1. The van der Waals surface area contributed by atoms with Gasteiger partial charge in [-0.3, -0.25) is 14.3 Å². The molecule has 3 aromatic rings. The second-order valence-corrected chi connectivity index (χ2v) is 9.48. The Morgan fingerprint density at radius 1 is 1.13 bits per heavy atom. The van der Waals surface area contributed by atoms with Crippen molar-refractivity contribution in [2.75, 3.05) is 12.8 Å². The fourth-order valence-corrected chi connectivity index (χ4v) is 4.62. The Labute approximate surface area is 186 Å². The van der Waals surface area contributed by atoms with E-state index in [0.29, 0.717) is 23.3 Å². The molecule has 1 aliphatic rings. The van der Waals surface area contributed by atoms with Gasteiger partial charge in [-0.2, -0.15) is 0 Å². The zero-order chi connectivity index (χ0) is 22.2. The molecule has 0 spiro atoms. The topological polar surface area (TPSA) is 64.4 Å². The monoisotopic (exact) mass is 437 g/mol. The van der Waals surface area contributed by atoms with Gasteiger partial charge in [-0.05, 0) is 64.1 Å². The van der Waals surface area contributed by atoms with Gasteiger partial charge in [-0.15, -0.1) is 11.8 Å². The SMILES string of the molecule is CSc1cccc2nc(C3CCCN3C(=O)OC(C)(C)C)n(-c3ccccc3)c(=O)c12. The lowest BCUT2D eigenvalue weighted by molar-refractivity contribution is 0.0216.